The molecule has 1 aliphatic carbocycles. The van der Waals surface area contributed by atoms with Crippen LogP contribution in [0.3, 0.4) is 0 Å². The number of nitrogens with zero attached hydrogens (tertiary/aromatic N) is 2. The molecule has 1 aliphatic rings. The maximum absolute atomic E-state index is 13.9. The number of aromatic nitrogens is 2. The molecule has 1 heterocycles. The molecular weight excluding hydrogens is 448 g/mol. The van der Waals surface area contributed by atoms with Gasteiger partial charge in [-0.25, -0.2) is 18.7 Å². The highest BCUT2D eigenvalue weighted by atomic mass is 32.2. The van der Waals surface area contributed by atoms with Crippen LogP contribution in [0.5, 0.6) is 0 Å². The van der Waals surface area contributed by atoms with Crippen molar-refractivity contribution in [2.75, 3.05) is 5.32 Å². The predicted molar refractivity (Wildman–Crippen MR) is 119 cm³/mol. The molecule has 0 fully saturated rings. The first-order valence-electron chi connectivity index (χ1n) is 10.0. The minimum Gasteiger partial charge on any atom is -0.324 e. The van der Waals surface area contributed by atoms with Crippen molar-refractivity contribution in [2.24, 2.45) is 0 Å². The SMILES string of the molecule is O=S(=O)(O)c1ccc(Nc2ncc3c(n2)-c2ccccc2[C@H](c2ccc(F)c(F)c2)C3)cc1. The van der Waals surface area contributed by atoms with Gasteiger partial charge in [0.1, 0.15) is 0 Å². The van der Waals surface area contributed by atoms with Crippen molar-refractivity contribution in [1.82, 2.24) is 9.97 Å². The van der Waals surface area contributed by atoms with Gasteiger partial charge >= 0.3 is 0 Å². The monoisotopic (exact) mass is 465 g/mol. The topological polar surface area (TPSA) is 92.2 Å². The van der Waals surface area contributed by atoms with Crippen molar-refractivity contribution >= 4 is 21.8 Å². The first-order chi connectivity index (χ1) is 15.8. The minimum atomic E-state index is -4.27. The summed E-state index contributed by atoms with van der Waals surface area (Å²) in [5, 5.41) is 3.03. The second-order valence-corrected chi connectivity index (χ2v) is 9.13. The Morgan fingerprint density at radius 2 is 1.73 bits per heavy atom. The first-order valence-corrected chi connectivity index (χ1v) is 11.5. The lowest BCUT2D eigenvalue weighted by atomic mass is 9.78. The number of nitrogens with one attached hydrogen (secondary N) is 1. The second kappa shape index (κ2) is 8.02. The number of anilines is 2. The highest BCUT2D eigenvalue weighted by molar-refractivity contribution is 7.85. The van der Waals surface area contributed by atoms with E-state index in [1.165, 1.54) is 30.3 Å². The lowest BCUT2D eigenvalue weighted by molar-refractivity contribution is 0.483. The number of halogens is 2. The zero-order valence-corrected chi connectivity index (χ0v) is 17.9. The molecule has 1 atom stereocenters. The molecule has 0 saturated carbocycles. The summed E-state index contributed by atoms with van der Waals surface area (Å²) in [6.07, 6.45) is 2.22. The standard InChI is InChI=1S/C24H17F2N3O3S/c25-21-10-5-14(12-22(21)26)20-11-15-13-27-24(29-23(15)19-4-2-1-3-18(19)20)28-16-6-8-17(9-7-16)33(30,31)32/h1-10,12-13,20H,11H2,(H,27,28,29)(H,30,31,32)/t20-/m0/s1. The highest BCUT2D eigenvalue weighted by Gasteiger charge is 2.28. The molecule has 6 nitrogen and oxygen atoms in total. The minimum absolute atomic E-state index is 0.167. The van der Waals surface area contributed by atoms with Gasteiger partial charge < -0.3 is 5.32 Å². The van der Waals surface area contributed by atoms with Crippen LogP contribution in [0.4, 0.5) is 20.4 Å². The van der Waals surface area contributed by atoms with Crippen molar-refractivity contribution < 1.29 is 21.8 Å². The number of benzene rings is 3. The summed E-state index contributed by atoms with van der Waals surface area (Å²) in [5.74, 6) is -1.62. The molecule has 0 unspecified atom stereocenters. The smallest absolute Gasteiger partial charge is 0.294 e. The Bertz CT molecular complexity index is 1480. The van der Waals surface area contributed by atoms with Crippen LogP contribution in [0.15, 0.2) is 77.8 Å². The van der Waals surface area contributed by atoms with Crippen molar-refractivity contribution in [3.8, 4) is 11.3 Å². The van der Waals surface area contributed by atoms with Crippen LogP contribution in [0.2, 0.25) is 0 Å². The summed E-state index contributed by atoms with van der Waals surface area (Å²) < 4.78 is 58.9. The van der Waals surface area contributed by atoms with E-state index in [9.17, 15) is 17.2 Å². The van der Waals surface area contributed by atoms with Crippen molar-refractivity contribution in [3.63, 3.8) is 0 Å². The molecule has 5 rings (SSSR count). The average Bonchev–Trinajstić information content (AvgIpc) is 2.80. The first kappa shape index (κ1) is 21.2. The maximum atomic E-state index is 13.9. The van der Waals surface area contributed by atoms with Crippen LogP contribution in [-0.2, 0) is 16.5 Å². The van der Waals surface area contributed by atoms with Gasteiger partial charge in [0.2, 0.25) is 5.95 Å². The zero-order valence-electron chi connectivity index (χ0n) is 17.0. The van der Waals surface area contributed by atoms with E-state index in [1.807, 2.05) is 24.3 Å². The molecule has 0 saturated heterocycles. The Morgan fingerprint density at radius 3 is 2.45 bits per heavy atom. The van der Waals surface area contributed by atoms with Crippen molar-refractivity contribution in [1.29, 1.82) is 0 Å². The lowest BCUT2D eigenvalue weighted by Gasteiger charge is -2.27. The molecule has 0 amide bonds. The molecule has 0 spiro atoms. The quantitative estimate of drug-likeness (QED) is 0.408. The Morgan fingerprint density at radius 1 is 0.970 bits per heavy atom. The van der Waals surface area contributed by atoms with E-state index in [2.05, 4.69) is 15.3 Å². The fourth-order valence-electron chi connectivity index (χ4n) is 4.06. The summed E-state index contributed by atoms with van der Waals surface area (Å²) >= 11 is 0. The van der Waals surface area contributed by atoms with Gasteiger partial charge in [-0.3, -0.25) is 4.55 Å². The van der Waals surface area contributed by atoms with Crippen molar-refractivity contribution in [3.05, 3.63) is 101 Å². The van der Waals surface area contributed by atoms with Gasteiger partial charge in [-0.05, 0) is 59.5 Å². The molecule has 0 bridgehead atoms. The van der Waals surface area contributed by atoms with E-state index in [-0.39, 0.29) is 10.8 Å². The van der Waals surface area contributed by atoms with Gasteiger partial charge in [0, 0.05) is 23.4 Å². The summed E-state index contributed by atoms with van der Waals surface area (Å²) in [7, 11) is -4.27. The third-order valence-corrected chi connectivity index (χ3v) is 6.50. The Labute approximate surface area is 188 Å². The van der Waals surface area contributed by atoms with E-state index in [4.69, 9.17) is 4.55 Å². The fraction of sp³-hybridized carbons (Fsp3) is 0.0833. The van der Waals surface area contributed by atoms with E-state index in [1.54, 1.807) is 12.3 Å². The Balaban J connectivity index is 1.49. The summed E-state index contributed by atoms with van der Waals surface area (Å²) in [6, 6.07) is 17.2. The van der Waals surface area contributed by atoms with E-state index < -0.39 is 21.8 Å². The zero-order chi connectivity index (χ0) is 23.2. The molecule has 0 radical (unpaired) electrons. The van der Waals surface area contributed by atoms with E-state index in [0.29, 0.717) is 23.6 Å². The van der Waals surface area contributed by atoms with Gasteiger partial charge in [0.25, 0.3) is 10.1 Å². The molecule has 0 aliphatic heterocycles. The van der Waals surface area contributed by atoms with E-state index >= 15 is 0 Å². The molecule has 9 heteroatoms. The fourth-order valence-corrected chi connectivity index (χ4v) is 4.54. The summed E-state index contributed by atoms with van der Waals surface area (Å²) in [5.41, 5.74) is 4.66. The summed E-state index contributed by atoms with van der Waals surface area (Å²) in [4.78, 5) is 8.81. The third kappa shape index (κ3) is 4.08. The number of rotatable bonds is 4. The van der Waals surface area contributed by atoms with Crippen LogP contribution in [0.25, 0.3) is 11.3 Å². The van der Waals surface area contributed by atoms with Gasteiger partial charge in [-0.1, -0.05) is 30.3 Å². The van der Waals surface area contributed by atoms with Gasteiger partial charge in [-0.2, -0.15) is 8.42 Å². The lowest BCUT2D eigenvalue weighted by Crippen LogP contribution is -2.15. The normalized spacial score (nSPS) is 14.9. The Hall–Kier alpha value is -3.69. The van der Waals surface area contributed by atoms with Crippen LogP contribution < -0.4 is 5.32 Å². The largest absolute Gasteiger partial charge is 0.324 e. The molecule has 33 heavy (non-hydrogen) atoms. The molecule has 166 valence electrons. The molecule has 2 N–H and O–H groups in total. The van der Waals surface area contributed by atoms with E-state index in [0.717, 1.165) is 28.5 Å². The van der Waals surface area contributed by atoms with Crippen molar-refractivity contribution in [2.45, 2.75) is 17.2 Å². The summed E-state index contributed by atoms with van der Waals surface area (Å²) in [6.45, 7) is 0. The van der Waals surface area contributed by atoms with Crippen LogP contribution >= 0.6 is 0 Å². The van der Waals surface area contributed by atoms with Crippen LogP contribution in [-0.4, -0.2) is 22.9 Å². The molecule has 3 aromatic carbocycles. The van der Waals surface area contributed by atoms with Crippen LogP contribution in [0, 0.1) is 11.6 Å². The molecular formula is C24H17F2N3O3S. The molecule has 4 aromatic rings. The Kier molecular flexibility index (Phi) is 5.15. The highest BCUT2D eigenvalue weighted by Crippen LogP contribution is 2.42. The third-order valence-electron chi connectivity index (χ3n) is 5.63. The van der Waals surface area contributed by atoms with Gasteiger partial charge in [0.15, 0.2) is 11.6 Å². The van der Waals surface area contributed by atoms with Gasteiger partial charge in [0.05, 0.1) is 10.6 Å². The molecule has 1 aromatic heterocycles. The predicted octanol–water partition coefficient (Wildman–Crippen LogP) is 5.10. The number of hydrogen-bond donors (Lipinski definition) is 2. The second-order valence-electron chi connectivity index (χ2n) is 7.71. The van der Waals surface area contributed by atoms with Crippen LogP contribution in [0.1, 0.15) is 22.6 Å². The maximum Gasteiger partial charge on any atom is 0.294 e. The number of hydrogen-bond acceptors (Lipinski definition) is 5. The number of fused-ring (bicyclic) bond motifs is 3. The average molecular weight is 465 g/mol. The van der Waals surface area contributed by atoms with Gasteiger partial charge in [-0.15, -0.1) is 0 Å².